The van der Waals surface area contributed by atoms with Crippen LogP contribution in [0, 0.1) is 0 Å². The molecule has 38 heavy (non-hydrogen) atoms. The number of aliphatic hydroxyl groups excluding tert-OH is 1. The van der Waals surface area contributed by atoms with Crippen molar-refractivity contribution in [3.63, 3.8) is 0 Å². The Labute approximate surface area is 215 Å². The Morgan fingerprint density at radius 2 is 2.03 bits per heavy atom. The third-order valence-corrected chi connectivity index (χ3v) is 7.78. The van der Waals surface area contributed by atoms with Crippen LogP contribution in [0.15, 0.2) is 39.4 Å². The summed E-state index contributed by atoms with van der Waals surface area (Å²) in [4.78, 5) is 17.0. The number of alkyl halides is 2. The van der Waals surface area contributed by atoms with E-state index in [4.69, 9.17) is 13.6 Å². The SMILES string of the molecule is CN(c1ccc2oc3c(c2c1)C=CCC3(OC(F)F)c1nc(C(=O)NC2CCC(O)CC2)co1)S(=O)(=O)O. The van der Waals surface area contributed by atoms with Crippen molar-refractivity contribution in [1.29, 1.82) is 0 Å². The van der Waals surface area contributed by atoms with Crippen molar-refractivity contribution in [3.8, 4) is 0 Å². The maximum absolute atomic E-state index is 13.7. The van der Waals surface area contributed by atoms with Crippen LogP contribution in [-0.2, 0) is 20.6 Å². The molecule has 14 heteroatoms. The van der Waals surface area contributed by atoms with Gasteiger partial charge >= 0.3 is 16.9 Å². The highest BCUT2D eigenvalue weighted by Crippen LogP contribution is 2.47. The van der Waals surface area contributed by atoms with Gasteiger partial charge in [-0.15, -0.1) is 0 Å². The summed E-state index contributed by atoms with van der Waals surface area (Å²) in [5, 5.41) is 12.9. The second-order valence-corrected chi connectivity index (χ2v) is 10.7. The molecule has 0 spiro atoms. The van der Waals surface area contributed by atoms with E-state index in [1.807, 2.05) is 0 Å². The number of nitrogens with one attached hydrogen (secondary N) is 1. The molecule has 0 aliphatic heterocycles. The molecule has 1 aromatic carbocycles. The van der Waals surface area contributed by atoms with Crippen molar-refractivity contribution in [2.24, 2.45) is 0 Å². The second kappa shape index (κ2) is 9.76. The van der Waals surface area contributed by atoms with E-state index < -0.39 is 34.5 Å². The zero-order valence-corrected chi connectivity index (χ0v) is 21.0. The van der Waals surface area contributed by atoms with Gasteiger partial charge in [0.05, 0.1) is 11.8 Å². The van der Waals surface area contributed by atoms with Gasteiger partial charge in [-0.2, -0.15) is 17.2 Å². The van der Waals surface area contributed by atoms with Crippen LogP contribution in [0.3, 0.4) is 0 Å². The molecule has 3 N–H and O–H groups in total. The monoisotopic (exact) mass is 553 g/mol. The summed E-state index contributed by atoms with van der Waals surface area (Å²) in [6, 6.07) is 4.07. The topological polar surface area (TPSA) is 155 Å². The number of fused-ring (bicyclic) bond motifs is 3. The Balaban J connectivity index is 1.52. The summed E-state index contributed by atoms with van der Waals surface area (Å²) in [6.07, 6.45) is 5.98. The zero-order valence-electron chi connectivity index (χ0n) is 20.1. The highest BCUT2D eigenvalue weighted by atomic mass is 32.2. The number of hydrogen-bond acceptors (Lipinski definition) is 8. The molecule has 1 saturated carbocycles. The largest absolute Gasteiger partial charge is 0.457 e. The molecule has 0 bridgehead atoms. The fourth-order valence-corrected chi connectivity index (χ4v) is 5.25. The van der Waals surface area contributed by atoms with Gasteiger partial charge in [0.15, 0.2) is 11.5 Å². The van der Waals surface area contributed by atoms with Crippen LogP contribution in [0.2, 0.25) is 0 Å². The van der Waals surface area contributed by atoms with E-state index >= 15 is 0 Å². The minimum atomic E-state index is -4.54. The lowest BCUT2D eigenvalue weighted by atomic mass is 9.87. The lowest BCUT2D eigenvalue weighted by Gasteiger charge is -2.30. The van der Waals surface area contributed by atoms with Crippen LogP contribution in [0.4, 0.5) is 14.5 Å². The highest BCUT2D eigenvalue weighted by Gasteiger charge is 2.49. The standard InChI is InChI=1S/C24H25F2N3O8S/c1-29(38(32,33)34)14-6-9-19-17(11-14)16-3-2-10-24(20(16)36-19,37-23(25)26)22-28-18(12-35-22)21(31)27-13-4-7-15(30)8-5-13/h2-3,6,9,11-13,15,23,30H,4-5,7-8,10H2,1H3,(H,27,31)(H,32,33,34). The van der Waals surface area contributed by atoms with E-state index in [-0.39, 0.29) is 41.1 Å². The molecule has 1 amide bonds. The summed E-state index contributed by atoms with van der Waals surface area (Å²) in [5.41, 5.74) is -1.48. The summed E-state index contributed by atoms with van der Waals surface area (Å²) in [5.74, 6) is -0.929. The lowest BCUT2D eigenvalue weighted by molar-refractivity contribution is -0.210. The molecule has 2 aromatic heterocycles. The molecule has 2 heterocycles. The van der Waals surface area contributed by atoms with Crippen molar-refractivity contribution >= 4 is 38.9 Å². The number of ether oxygens (including phenoxy) is 1. The van der Waals surface area contributed by atoms with Gasteiger partial charge in [0, 0.05) is 30.5 Å². The maximum Gasteiger partial charge on any atom is 0.359 e. The molecular weight excluding hydrogens is 528 g/mol. The number of benzene rings is 1. The van der Waals surface area contributed by atoms with Crippen LogP contribution < -0.4 is 9.62 Å². The van der Waals surface area contributed by atoms with Crippen LogP contribution >= 0.6 is 0 Å². The Morgan fingerprint density at radius 1 is 1.29 bits per heavy atom. The summed E-state index contributed by atoms with van der Waals surface area (Å²) >= 11 is 0. The Morgan fingerprint density at radius 3 is 2.71 bits per heavy atom. The fraction of sp³-hybridized carbons (Fsp3) is 0.417. The number of nitrogens with zero attached hydrogens (tertiary/aromatic N) is 2. The minimum absolute atomic E-state index is 0.0583. The third-order valence-electron chi connectivity index (χ3n) is 6.88. The molecular formula is C24H25F2N3O8S. The molecule has 1 unspecified atom stereocenters. The highest BCUT2D eigenvalue weighted by molar-refractivity contribution is 7.87. The summed E-state index contributed by atoms with van der Waals surface area (Å²) < 4.78 is 77.2. The number of anilines is 1. The molecule has 5 rings (SSSR count). The molecule has 2 aliphatic rings. The first-order chi connectivity index (χ1) is 18.0. The van der Waals surface area contributed by atoms with Gasteiger partial charge in [-0.3, -0.25) is 18.4 Å². The number of aromatic nitrogens is 1. The van der Waals surface area contributed by atoms with E-state index in [9.17, 15) is 31.7 Å². The molecule has 3 aromatic rings. The summed E-state index contributed by atoms with van der Waals surface area (Å²) in [7, 11) is -3.39. The Kier molecular flexibility index (Phi) is 6.75. The quantitative estimate of drug-likeness (QED) is 0.372. The molecule has 2 aliphatic carbocycles. The van der Waals surface area contributed by atoms with Crippen molar-refractivity contribution in [2.75, 3.05) is 11.4 Å². The van der Waals surface area contributed by atoms with Crippen molar-refractivity contribution in [3.05, 3.63) is 53.4 Å². The molecule has 0 saturated heterocycles. The van der Waals surface area contributed by atoms with Crippen LogP contribution in [0.25, 0.3) is 17.0 Å². The van der Waals surface area contributed by atoms with Gasteiger partial charge in [0.2, 0.25) is 11.5 Å². The predicted molar refractivity (Wildman–Crippen MR) is 130 cm³/mol. The summed E-state index contributed by atoms with van der Waals surface area (Å²) in [6.45, 7) is -3.26. The second-order valence-electron chi connectivity index (χ2n) is 9.30. The van der Waals surface area contributed by atoms with Crippen molar-refractivity contribution in [2.45, 2.75) is 56.5 Å². The normalized spacial score (nSPS) is 23.5. The molecule has 204 valence electrons. The number of furan rings is 1. The number of hydrogen-bond donors (Lipinski definition) is 3. The Hall–Kier alpha value is -3.33. The average Bonchev–Trinajstić information content (AvgIpc) is 3.50. The molecule has 1 atom stereocenters. The maximum atomic E-state index is 13.7. The number of amides is 1. The predicted octanol–water partition coefficient (Wildman–Crippen LogP) is 3.59. The van der Waals surface area contributed by atoms with E-state index in [0.717, 1.165) is 13.3 Å². The first-order valence-electron chi connectivity index (χ1n) is 11.8. The first kappa shape index (κ1) is 26.3. The molecule has 1 fully saturated rings. The number of halogens is 2. The lowest BCUT2D eigenvalue weighted by Crippen LogP contribution is -2.39. The van der Waals surface area contributed by atoms with Gasteiger partial charge < -0.3 is 19.3 Å². The van der Waals surface area contributed by atoms with E-state index in [1.54, 1.807) is 12.2 Å². The van der Waals surface area contributed by atoms with Crippen molar-refractivity contribution in [1.82, 2.24) is 10.3 Å². The fourth-order valence-electron chi connectivity index (χ4n) is 4.87. The number of carbonyl (C=O) groups is 1. The van der Waals surface area contributed by atoms with E-state index in [2.05, 4.69) is 10.3 Å². The van der Waals surface area contributed by atoms with Gasteiger partial charge in [0.1, 0.15) is 11.8 Å². The number of rotatable bonds is 7. The molecule has 11 nitrogen and oxygen atoms in total. The van der Waals surface area contributed by atoms with Gasteiger partial charge in [0.25, 0.3) is 5.91 Å². The number of aliphatic hydroxyl groups is 1. The number of carbonyl (C=O) groups excluding carboxylic acids is 1. The number of oxazole rings is 1. The minimum Gasteiger partial charge on any atom is -0.457 e. The van der Waals surface area contributed by atoms with E-state index in [1.165, 1.54) is 18.2 Å². The molecule has 0 radical (unpaired) electrons. The van der Waals surface area contributed by atoms with Crippen LogP contribution in [-0.4, -0.2) is 54.8 Å². The first-order valence-corrected chi connectivity index (χ1v) is 13.2. The van der Waals surface area contributed by atoms with Crippen molar-refractivity contribution < 1.29 is 45.2 Å². The van der Waals surface area contributed by atoms with Crippen LogP contribution in [0.5, 0.6) is 0 Å². The smallest absolute Gasteiger partial charge is 0.359 e. The van der Waals surface area contributed by atoms with Gasteiger partial charge in [-0.05, 0) is 43.9 Å². The van der Waals surface area contributed by atoms with Gasteiger partial charge in [-0.25, -0.2) is 4.98 Å². The van der Waals surface area contributed by atoms with E-state index in [0.29, 0.717) is 40.9 Å². The third kappa shape index (κ3) is 4.79. The van der Waals surface area contributed by atoms with Crippen LogP contribution in [0.1, 0.15) is 59.8 Å². The zero-order chi connectivity index (χ0) is 27.2. The Bertz CT molecular complexity index is 1490. The average molecular weight is 554 g/mol. The van der Waals surface area contributed by atoms with Gasteiger partial charge in [-0.1, -0.05) is 12.2 Å².